The van der Waals surface area contributed by atoms with Crippen LogP contribution in [0.1, 0.15) is 30.7 Å². The Morgan fingerprint density at radius 3 is 2.57 bits per heavy atom. The summed E-state index contributed by atoms with van der Waals surface area (Å²) in [6.45, 7) is 6.06. The summed E-state index contributed by atoms with van der Waals surface area (Å²) in [5.41, 5.74) is 1.33. The van der Waals surface area contributed by atoms with Crippen LogP contribution in [0.4, 0.5) is 0 Å². The van der Waals surface area contributed by atoms with Gasteiger partial charge in [-0.15, -0.1) is 11.3 Å². The molecule has 1 unspecified atom stereocenters. The molecule has 1 aromatic carbocycles. The average molecular weight is 324 g/mol. The maximum Gasteiger partial charge on any atom is 0.122 e. The van der Waals surface area contributed by atoms with Crippen LogP contribution in [0, 0.1) is 0 Å². The van der Waals surface area contributed by atoms with E-state index in [2.05, 4.69) is 31.3 Å². The van der Waals surface area contributed by atoms with Crippen LogP contribution in [0.5, 0.6) is 5.75 Å². The molecule has 2 rings (SSSR count). The Labute approximate surface area is 136 Å². The predicted octanol–water partition coefficient (Wildman–Crippen LogP) is 4.91. The van der Waals surface area contributed by atoms with Crippen molar-refractivity contribution in [2.24, 2.45) is 0 Å². The molecule has 114 valence electrons. The highest BCUT2D eigenvalue weighted by molar-refractivity contribution is 7.16. The van der Waals surface area contributed by atoms with Crippen molar-refractivity contribution in [3.63, 3.8) is 0 Å². The van der Waals surface area contributed by atoms with E-state index in [0.29, 0.717) is 12.6 Å². The molecule has 0 aliphatic rings. The zero-order valence-electron chi connectivity index (χ0n) is 12.6. The fraction of sp³-hybridized carbons (Fsp3) is 0.412. The standard InChI is InChI=1S/C17H22ClNOS/c1-3-10-19-13(2)11-14-4-6-15(7-5-14)20-12-16-8-9-17(18)21-16/h4-9,13,19H,3,10-12H2,1-2H3. The number of ether oxygens (including phenoxy) is 1. The Morgan fingerprint density at radius 2 is 1.95 bits per heavy atom. The first kappa shape index (κ1) is 16.3. The summed E-state index contributed by atoms with van der Waals surface area (Å²) in [5, 5.41) is 3.50. The van der Waals surface area contributed by atoms with E-state index in [1.54, 1.807) is 11.3 Å². The van der Waals surface area contributed by atoms with Gasteiger partial charge in [-0.25, -0.2) is 0 Å². The van der Waals surface area contributed by atoms with Crippen molar-refractivity contribution in [3.05, 3.63) is 51.2 Å². The first-order chi connectivity index (χ1) is 10.2. The van der Waals surface area contributed by atoms with E-state index in [9.17, 15) is 0 Å². The third-order valence-corrected chi connectivity index (χ3v) is 4.42. The Kier molecular flexibility index (Phi) is 6.55. The normalized spacial score (nSPS) is 12.3. The molecule has 0 amide bonds. The minimum Gasteiger partial charge on any atom is -0.488 e. The molecule has 1 atom stereocenters. The highest BCUT2D eigenvalue weighted by Crippen LogP contribution is 2.23. The smallest absolute Gasteiger partial charge is 0.122 e. The lowest BCUT2D eigenvalue weighted by Gasteiger charge is -2.13. The van der Waals surface area contributed by atoms with Gasteiger partial charge < -0.3 is 10.1 Å². The van der Waals surface area contributed by atoms with E-state index in [4.69, 9.17) is 16.3 Å². The van der Waals surface area contributed by atoms with Gasteiger partial charge in [0.15, 0.2) is 0 Å². The van der Waals surface area contributed by atoms with Gasteiger partial charge in [-0.05, 0) is 56.1 Å². The van der Waals surface area contributed by atoms with E-state index < -0.39 is 0 Å². The van der Waals surface area contributed by atoms with E-state index in [0.717, 1.165) is 27.9 Å². The summed E-state index contributed by atoms with van der Waals surface area (Å²) in [6.07, 6.45) is 2.21. The second kappa shape index (κ2) is 8.42. The third-order valence-electron chi connectivity index (χ3n) is 3.22. The van der Waals surface area contributed by atoms with Crippen LogP contribution in [0.15, 0.2) is 36.4 Å². The first-order valence-corrected chi connectivity index (χ1v) is 8.56. The van der Waals surface area contributed by atoms with Gasteiger partial charge in [0.1, 0.15) is 12.4 Å². The highest BCUT2D eigenvalue weighted by Gasteiger charge is 2.03. The summed E-state index contributed by atoms with van der Waals surface area (Å²) < 4.78 is 6.57. The molecule has 0 radical (unpaired) electrons. The SMILES string of the molecule is CCCNC(C)Cc1ccc(OCc2ccc(Cl)s2)cc1. The van der Waals surface area contributed by atoms with Crippen LogP contribution in [0.25, 0.3) is 0 Å². The lowest BCUT2D eigenvalue weighted by molar-refractivity contribution is 0.309. The molecule has 0 spiro atoms. The number of rotatable bonds is 8. The van der Waals surface area contributed by atoms with Gasteiger partial charge in [-0.3, -0.25) is 0 Å². The molecule has 0 saturated heterocycles. The molecule has 0 saturated carbocycles. The van der Waals surface area contributed by atoms with Crippen molar-refractivity contribution in [1.29, 1.82) is 0 Å². The minimum absolute atomic E-state index is 0.505. The van der Waals surface area contributed by atoms with Crippen molar-refractivity contribution in [1.82, 2.24) is 5.32 Å². The van der Waals surface area contributed by atoms with Crippen LogP contribution in [-0.2, 0) is 13.0 Å². The van der Waals surface area contributed by atoms with Gasteiger partial charge in [0.25, 0.3) is 0 Å². The lowest BCUT2D eigenvalue weighted by Crippen LogP contribution is -2.28. The molecular formula is C17H22ClNOS. The zero-order chi connectivity index (χ0) is 15.1. The van der Waals surface area contributed by atoms with Crippen molar-refractivity contribution in [2.45, 2.75) is 39.3 Å². The van der Waals surface area contributed by atoms with Gasteiger partial charge in [0.2, 0.25) is 0 Å². The summed E-state index contributed by atoms with van der Waals surface area (Å²) in [7, 11) is 0. The Hall–Kier alpha value is -1.03. The van der Waals surface area contributed by atoms with E-state index in [1.165, 1.54) is 12.0 Å². The molecule has 21 heavy (non-hydrogen) atoms. The zero-order valence-corrected chi connectivity index (χ0v) is 14.1. The third kappa shape index (κ3) is 5.70. The summed E-state index contributed by atoms with van der Waals surface area (Å²) in [5.74, 6) is 0.900. The van der Waals surface area contributed by atoms with Crippen molar-refractivity contribution in [2.75, 3.05) is 6.54 Å². The second-order valence-electron chi connectivity index (χ2n) is 5.20. The van der Waals surface area contributed by atoms with Gasteiger partial charge in [0, 0.05) is 10.9 Å². The highest BCUT2D eigenvalue weighted by atomic mass is 35.5. The monoisotopic (exact) mass is 323 g/mol. The van der Waals surface area contributed by atoms with Gasteiger partial charge in [-0.2, -0.15) is 0 Å². The molecule has 1 heterocycles. The summed E-state index contributed by atoms with van der Waals surface area (Å²) in [6, 6.07) is 12.8. The van der Waals surface area contributed by atoms with Crippen molar-refractivity contribution in [3.8, 4) is 5.75 Å². The predicted molar refractivity (Wildman–Crippen MR) is 91.6 cm³/mol. The maximum absolute atomic E-state index is 5.90. The molecular weight excluding hydrogens is 302 g/mol. The van der Waals surface area contributed by atoms with Crippen molar-refractivity contribution >= 4 is 22.9 Å². The van der Waals surface area contributed by atoms with Gasteiger partial charge >= 0.3 is 0 Å². The molecule has 2 aromatic rings. The number of nitrogens with one attached hydrogen (secondary N) is 1. The molecule has 0 fully saturated rings. The van der Waals surface area contributed by atoms with Crippen LogP contribution in [0.2, 0.25) is 4.34 Å². The number of hydrogen-bond donors (Lipinski definition) is 1. The Bertz CT molecular complexity index is 538. The topological polar surface area (TPSA) is 21.3 Å². The van der Waals surface area contributed by atoms with Crippen LogP contribution < -0.4 is 10.1 Å². The lowest BCUT2D eigenvalue weighted by atomic mass is 10.1. The van der Waals surface area contributed by atoms with Crippen LogP contribution in [0.3, 0.4) is 0 Å². The maximum atomic E-state index is 5.90. The average Bonchev–Trinajstić information content (AvgIpc) is 2.90. The Morgan fingerprint density at radius 1 is 1.19 bits per heavy atom. The largest absolute Gasteiger partial charge is 0.488 e. The first-order valence-electron chi connectivity index (χ1n) is 7.36. The number of halogens is 1. The number of thiophene rings is 1. The molecule has 1 N–H and O–H groups in total. The van der Waals surface area contributed by atoms with E-state index in [1.807, 2.05) is 24.3 Å². The van der Waals surface area contributed by atoms with E-state index >= 15 is 0 Å². The minimum atomic E-state index is 0.505. The quantitative estimate of drug-likeness (QED) is 0.745. The van der Waals surface area contributed by atoms with Crippen molar-refractivity contribution < 1.29 is 4.74 Å². The molecule has 4 heteroatoms. The fourth-order valence-electron chi connectivity index (χ4n) is 2.12. The Balaban J connectivity index is 1.81. The summed E-state index contributed by atoms with van der Waals surface area (Å²) in [4.78, 5) is 1.14. The van der Waals surface area contributed by atoms with E-state index in [-0.39, 0.29) is 0 Å². The number of benzene rings is 1. The summed E-state index contributed by atoms with van der Waals surface area (Å²) >= 11 is 7.46. The van der Waals surface area contributed by atoms with Crippen LogP contribution >= 0.6 is 22.9 Å². The van der Waals surface area contributed by atoms with Crippen LogP contribution in [-0.4, -0.2) is 12.6 Å². The van der Waals surface area contributed by atoms with Gasteiger partial charge in [0.05, 0.1) is 4.34 Å². The molecule has 0 aliphatic carbocycles. The molecule has 1 aromatic heterocycles. The number of hydrogen-bond acceptors (Lipinski definition) is 3. The molecule has 0 bridgehead atoms. The second-order valence-corrected chi connectivity index (χ2v) is 7.00. The molecule has 0 aliphatic heterocycles. The fourth-order valence-corrected chi connectivity index (χ4v) is 3.12. The van der Waals surface area contributed by atoms with Gasteiger partial charge in [-0.1, -0.05) is 30.7 Å². The molecule has 2 nitrogen and oxygen atoms in total.